The fourth-order valence-corrected chi connectivity index (χ4v) is 1.69. The minimum absolute atomic E-state index is 0.426. The number of ether oxygens (including phenoxy) is 1. The van der Waals surface area contributed by atoms with Gasteiger partial charge in [-0.1, -0.05) is 32.6 Å². The predicted molar refractivity (Wildman–Crippen MR) is 73.5 cm³/mol. The van der Waals surface area contributed by atoms with E-state index in [0.29, 0.717) is 12.6 Å². The molecule has 1 atom stereocenters. The minimum Gasteiger partial charge on any atom is -0.489 e. The van der Waals surface area contributed by atoms with E-state index in [1.165, 1.54) is 5.56 Å². The molecule has 0 amide bonds. The molecular formula is C15H23NO. The Morgan fingerprint density at radius 1 is 1.29 bits per heavy atom. The fourth-order valence-electron chi connectivity index (χ4n) is 1.69. The molecule has 0 saturated carbocycles. The van der Waals surface area contributed by atoms with Crippen LogP contribution >= 0.6 is 0 Å². The van der Waals surface area contributed by atoms with Gasteiger partial charge in [-0.25, -0.2) is 0 Å². The molecule has 17 heavy (non-hydrogen) atoms. The van der Waals surface area contributed by atoms with E-state index in [-0.39, 0.29) is 0 Å². The van der Waals surface area contributed by atoms with Crippen molar-refractivity contribution in [1.82, 2.24) is 5.32 Å². The molecule has 0 bridgehead atoms. The van der Waals surface area contributed by atoms with Crippen molar-refractivity contribution in [2.45, 2.75) is 32.7 Å². The molecule has 1 aromatic rings. The second-order valence-electron chi connectivity index (χ2n) is 4.21. The highest BCUT2D eigenvalue weighted by Gasteiger charge is 2.05. The molecular weight excluding hydrogens is 210 g/mol. The lowest BCUT2D eigenvalue weighted by Gasteiger charge is -2.15. The molecule has 1 unspecified atom stereocenters. The van der Waals surface area contributed by atoms with E-state index in [9.17, 15) is 0 Å². The van der Waals surface area contributed by atoms with E-state index in [2.05, 4.69) is 37.9 Å². The van der Waals surface area contributed by atoms with Crippen LogP contribution in [-0.4, -0.2) is 13.7 Å². The van der Waals surface area contributed by atoms with Crippen LogP contribution in [0.3, 0.4) is 0 Å². The van der Waals surface area contributed by atoms with Gasteiger partial charge >= 0.3 is 0 Å². The van der Waals surface area contributed by atoms with Crippen LogP contribution in [0, 0.1) is 0 Å². The second-order valence-corrected chi connectivity index (χ2v) is 4.21. The molecule has 0 fully saturated rings. The summed E-state index contributed by atoms with van der Waals surface area (Å²) in [6.07, 6.45) is 2.05. The first-order chi connectivity index (χ1) is 8.21. The van der Waals surface area contributed by atoms with Gasteiger partial charge in [0.1, 0.15) is 12.4 Å². The lowest BCUT2D eigenvalue weighted by molar-refractivity contribution is 0.349. The van der Waals surface area contributed by atoms with Gasteiger partial charge in [-0.05, 0) is 43.2 Å². The summed E-state index contributed by atoms with van der Waals surface area (Å²) in [5, 5.41) is 3.29. The first kappa shape index (κ1) is 13.8. The quantitative estimate of drug-likeness (QED) is 0.725. The molecule has 0 aliphatic carbocycles. The van der Waals surface area contributed by atoms with Crippen LogP contribution in [0.25, 0.3) is 0 Å². The maximum atomic E-state index is 5.64. The summed E-state index contributed by atoms with van der Waals surface area (Å²) in [7, 11) is 1.99. The maximum Gasteiger partial charge on any atom is 0.119 e. The Kier molecular flexibility index (Phi) is 5.78. The molecule has 0 radical (unpaired) electrons. The number of nitrogens with one attached hydrogen (secondary N) is 1. The van der Waals surface area contributed by atoms with E-state index >= 15 is 0 Å². The Bertz CT molecular complexity index is 338. The third-order valence-corrected chi connectivity index (χ3v) is 2.98. The number of hydrogen-bond acceptors (Lipinski definition) is 2. The van der Waals surface area contributed by atoms with Crippen LogP contribution in [0.15, 0.2) is 36.4 Å². The topological polar surface area (TPSA) is 21.3 Å². The van der Waals surface area contributed by atoms with Crippen LogP contribution in [0.2, 0.25) is 0 Å². The van der Waals surface area contributed by atoms with Gasteiger partial charge in [-0.2, -0.15) is 0 Å². The minimum atomic E-state index is 0.426. The third kappa shape index (κ3) is 4.23. The zero-order valence-electron chi connectivity index (χ0n) is 11.1. The van der Waals surface area contributed by atoms with Crippen LogP contribution in [0.4, 0.5) is 0 Å². The van der Waals surface area contributed by atoms with Crippen molar-refractivity contribution >= 4 is 0 Å². The van der Waals surface area contributed by atoms with Crippen molar-refractivity contribution < 1.29 is 4.74 Å². The molecule has 0 heterocycles. The largest absolute Gasteiger partial charge is 0.489 e. The Labute approximate surface area is 105 Å². The molecule has 1 rings (SSSR count). The van der Waals surface area contributed by atoms with Crippen molar-refractivity contribution in [2.75, 3.05) is 13.7 Å². The number of rotatable bonds is 7. The molecule has 94 valence electrons. The molecule has 0 aliphatic rings. The van der Waals surface area contributed by atoms with E-state index in [1.54, 1.807) is 0 Å². The summed E-state index contributed by atoms with van der Waals surface area (Å²) in [4.78, 5) is 0. The standard InChI is InChI=1S/C15H23NO/c1-5-12(3)11-17-14-9-7-13(8-10-14)15(6-2)16-4/h7-10,15-16H,3,5-6,11H2,1-2,4H3. The van der Waals surface area contributed by atoms with Gasteiger partial charge in [0, 0.05) is 6.04 Å². The zero-order valence-corrected chi connectivity index (χ0v) is 11.1. The molecule has 0 saturated heterocycles. The molecule has 1 aromatic carbocycles. The highest BCUT2D eigenvalue weighted by atomic mass is 16.5. The summed E-state index contributed by atoms with van der Waals surface area (Å²) in [5.41, 5.74) is 2.42. The van der Waals surface area contributed by atoms with E-state index in [0.717, 1.165) is 24.2 Å². The molecule has 2 nitrogen and oxygen atoms in total. The van der Waals surface area contributed by atoms with Crippen LogP contribution in [-0.2, 0) is 0 Å². The Hall–Kier alpha value is -1.28. The van der Waals surface area contributed by atoms with Crippen molar-refractivity contribution in [3.63, 3.8) is 0 Å². The molecule has 0 aromatic heterocycles. The SMILES string of the molecule is C=C(CC)COc1ccc(C(CC)NC)cc1. The van der Waals surface area contributed by atoms with Gasteiger partial charge in [0.05, 0.1) is 0 Å². The Morgan fingerprint density at radius 2 is 1.94 bits per heavy atom. The van der Waals surface area contributed by atoms with E-state index < -0.39 is 0 Å². The van der Waals surface area contributed by atoms with Crippen molar-refractivity contribution in [3.8, 4) is 5.75 Å². The van der Waals surface area contributed by atoms with Crippen molar-refractivity contribution in [2.24, 2.45) is 0 Å². The van der Waals surface area contributed by atoms with E-state index in [1.807, 2.05) is 19.2 Å². The molecule has 1 N–H and O–H groups in total. The third-order valence-electron chi connectivity index (χ3n) is 2.98. The smallest absolute Gasteiger partial charge is 0.119 e. The van der Waals surface area contributed by atoms with Gasteiger partial charge in [-0.15, -0.1) is 0 Å². The number of hydrogen-bond donors (Lipinski definition) is 1. The Morgan fingerprint density at radius 3 is 2.41 bits per heavy atom. The monoisotopic (exact) mass is 233 g/mol. The first-order valence-electron chi connectivity index (χ1n) is 6.27. The lowest BCUT2D eigenvalue weighted by Crippen LogP contribution is -2.14. The number of benzene rings is 1. The first-order valence-corrected chi connectivity index (χ1v) is 6.27. The van der Waals surface area contributed by atoms with Crippen molar-refractivity contribution in [1.29, 1.82) is 0 Å². The average molecular weight is 233 g/mol. The predicted octanol–water partition coefficient (Wildman–Crippen LogP) is 3.70. The highest BCUT2D eigenvalue weighted by molar-refractivity contribution is 5.29. The summed E-state index contributed by atoms with van der Waals surface area (Å²) >= 11 is 0. The Balaban J connectivity index is 2.58. The van der Waals surface area contributed by atoms with Gasteiger partial charge in [0.2, 0.25) is 0 Å². The van der Waals surface area contributed by atoms with Gasteiger partial charge in [0.15, 0.2) is 0 Å². The van der Waals surface area contributed by atoms with Crippen LogP contribution in [0.1, 0.15) is 38.3 Å². The fraction of sp³-hybridized carbons (Fsp3) is 0.467. The lowest BCUT2D eigenvalue weighted by atomic mass is 10.0. The van der Waals surface area contributed by atoms with Gasteiger partial charge < -0.3 is 10.1 Å². The summed E-state index contributed by atoms with van der Waals surface area (Å²) in [5.74, 6) is 0.911. The van der Waals surface area contributed by atoms with E-state index in [4.69, 9.17) is 4.74 Å². The second kappa shape index (κ2) is 7.13. The maximum absolute atomic E-state index is 5.64. The zero-order chi connectivity index (χ0) is 12.7. The van der Waals surface area contributed by atoms with Crippen LogP contribution < -0.4 is 10.1 Å². The molecule has 0 aliphatic heterocycles. The normalized spacial score (nSPS) is 12.2. The average Bonchev–Trinajstić information content (AvgIpc) is 2.38. The van der Waals surface area contributed by atoms with Crippen molar-refractivity contribution in [3.05, 3.63) is 42.0 Å². The molecule has 2 heteroatoms. The molecule has 0 spiro atoms. The summed E-state index contributed by atoms with van der Waals surface area (Å²) in [6.45, 7) is 8.80. The summed E-state index contributed by atoms with van der Waals surface area (Å²) in [6, 6.07) is 8.72. The van der Waals surface area contributed by atoms with Crippen LogP contribution in [0.5, 0.6) is 5.75 Å². The van der Waals surface area contributed by atoms with Gasteiger partial charge in [-0.3, -0.25) is 0 Å². The summed E-state index contributed by atoms with van der Waals surface area (Å²) < 4.78 is 5.64. The highest BCUT2D eigenvalue weighted by Crippen LogP contribution is 2.20. The van der Waals surface area contributed by atoms with Gasteiger partial charge in [0.25, 0.3) is 0 Å².